The van der Waals surface area contributed by atoms with Crippen molar-refractivity contribution in [2.24, 2.45) is 10.6 Å². The number of nitrogens with zero attached hydrogens (tertiary/aromatic N) is 1. The van der Waals surface area contributed by atoms with E-state index < -0.39 is 5.41 Å². The lowest BCUT2D eigenvalue weighted by molar-refractivity contribution is -0.150. The van der Waals surface area contributed by atoms with E-state index in [1.54, 1.807) is 0 Å². The predicted molar refractivity (Wildman–Crippen MR) is 66.2 cm³/mol. The van der Waals surface area contributed by atoms with E-state index in [2.05, 4.69) is 11.2 Å². The molecule has 1 atom stereocenters. The van der Waals surface area contributed by atoms with Gasteiger partial charge in [-0.05, 0) is 38.5 Å². The van der Waals surface area contributed by atoms with Gasteiger partial charge in [-0.15, -0.1) is 5.16 Å². The fraction of sp³-hybridized carbons (Fsp3) is 0.692. The lowest BCUT2D eigenvalue weighted by Crippen LogP contribution is -2.30. The van der Waals surface area contributed by atoms with Gasteiger partial charge >= 0.3 is 5.97 Å². The van der Waals surface area contributed by atoms with E-state index in [4.69, 9.17) is 9.94 Å². The molecule has 0 aliphatic heterocycles. The molecule has 0 unspecified atom stereocenters. The third-order valence-corrected chi connectivity index (χ3v) is 3.31. The summed E-state index contributed by atoms with van der Waals surface area (Å²) >= 11 is 0. The van der Waals surface area contributed by atoms with Gasteiger partial charge in [0.15, 0.2) is 0 Å². The smallest absolute Gasteiger partial charge is 0.315 e. The normalized spacial score (nSPS) is 24.8. The van der Waals surface area contributed by atoms with Crippen LogP contribution in [-0.2, 0) is 9.53 Å². The Bertz CT molecular complexity index is 299. The molecule has 96 valence electrons. The maximum Gasteiger partial charge on any atom is 0.315 e. The number of oxime groups is 1. The summed E-state index contributed by atoms with van der Waals surface area (Å²) in [5.74, 6) is -0.142. The standard InChI is InChI=1S/C13H21NO3/c1-17-12(15)13(10-6-7-11-14-16)8-4-2-3-5-9-13/h4,8,11,16H,2-3,5-7,9-10H2,1H3/t13-/m0/s1. The van der Waals surface area contributed by atoms with E-state index in [1.165, 1.54) is 13.3 Å². The van der Waals surface area contributed by atoms with Crippen LogP contribution in [0.2, 0.25) is 0 Å². The molecule has 1 rings (SSSR count). The third-order valence-electron chi connectivity index (χ3n) is 3.31. The molecule has 0 radical (unpaired) electrons. The average Bonchev–Trinajstić information content (AvgIpc) is 2.60. The fourth-order valence-electron chi connectivity index (χ4n) is 2.35. The summed E-state index contributed by atoms with van der Waals surface area (Å²) in [7, 11) is 1.44. The highest BCUT2D eigenvalue weighted by Crippen LogP contribution is 2.36. The zero-order chi connectivity index (χ0) is 12.6. The van der Waals surface area contributed by atoms with Crippen LogP contribution in [0.3, 0.4) is 0 Å². The first kappa shape index (κ1) is 13.7. The Morgan fingerprint density at radius 2 is 2.41 bits per heavy atom. The Labute approximate surface area is 102 Å². The quantitative estimate of drug-likeness (QED) is 0.200. The first-order valence-electron chi connectivity index (χ1n) is 6.17. The van der Waals surface area contributed by atoms with E-state index in [1.807, 2.05) is 6.08 Å². The number of esters is 1. The second-order valence-corrected chi connectivity index (χ2v) is 4.49. The molecule has 0 saturated carbocycles. The average molecular weight is 239 g/mol. The molecule has 4 nitrogen and oxygen atoms in total. The Morgan fingerprint density at radius 1 is 1.59 bits per heavy atom. The molecule has 0 amide bonds. The first-order chi connectivity index (χ1) is 8.25. The highest BCUT2D eigenvalue weighted by atomic mass is 16.5. The maximum atomic E-state index is 11.9. The molecule has 0 heterocycles. The number of ether oxygens (including phenoxy) is 1. The minimum Gasteiger partial charge on any atom is -0.468 e. The summed E-state index contributed by atoms with van der Waals surface area (Å²) in [6, 6.07) is 0. The van der Waals surface area contributed by atoms with Gasteiger partial charge in [0.1, 0.15) is 0 Å². The Balaban J connectivity index is 2.67. The van der Waals surface area contributed by atoms with Gasteiger partial charge in [0.2, 0.25) is 0 Å². The lowest BCUT2D eigenvalue weighted by atomic mass is 9.79. The number of methoxy groups -OCH3 is 1. The van der Waals surface area contributed by atoms with Crippen LogP contribution < -0.4 is 0 Å². The van der Waals surface area contributed by atoms with Gasteiger partial charge in [-0.3, -0.25) is 4.79 Å². The third kappa shape index (κ3) is 3.88. The van der Waals surface area contributed by atoms with Crippen molar-refractivity contribution in [3.8, 4) is 0 Å². The molecule has 1 N–H and O–H groups in total. The molecule has 1 aliphatic carbocycles. The van der Waals surface area contributed by atoms with E-state index >= 15 is 0 Å². The predicted octanol–water partition coefficient (Wildman–Crippen LogP) is 2.91. The fourth-order valence-corrected chi connectivity index (χ4v) is 2.35. The number of allylic oxidation sites excluding steroid dienone is 1. The van der Waals surface area contributed by atoms with E-state index in [0.717, 1.165) is 38.5 Å². The summed E-state index contributed by atoms with van der Waals surface area (Å²) in [6.07, 6.45) is 11.9. The van der Waals surface area contributed by atoms with Gasteiger partial charge < -0.3 is 9.94 Å². The first-order valence-corrected chi connectivity index (χ1v) is 6.17. The van der Waals surface area contributed by atoms with Crippen molar-refractivity contribution in [3.05, 3.63) is 12.2 Å². The molecule has 0 fully saturated rings. The van der Waals surface area contributed by atoms with Gasteiger partial charge in [0.05, 0.1) is 12.5 Å². The molecule has 17 heavy (non-hydrogen) atoms. The summed E-state index contributed by atoms with van der Waals surface area (Å²) in [6.45, 7) is 0. The summed E-state index contributed by atoms with van der Waals surface area (Å²) in [5.41, 5.74) is -0.464. The Kier molecular flexibility index (Phi) is 5.73. The number of carbonyl (C=O) groups is 1. The van der Waals surface area contributed by atoms with Crippen molar-refractivity contribution in [1.82, 2.24) is 0 Å². The monoisotopic (exact) mass is 239 g/mol. The van der Waals surface area contributed by atoms with E-state index in [-0.39, 0.29) is 5.97 Å². The molecule has 0 aromatic heterocycles. The summed E-state index contributed by atoms with van der Waals surface area (Å²) in [4.78, 5) is 11.9. The molecule has 1 aliphatic rings. The topological polar surface area (TPSA) is 58.9 Å². The van der Waals surface area contributed by atoms with Gasteiger partial charge in [0, 0.05) is 6.21 Å². The number of hydrogen-bond donors (Lipinski definition) is 1. The van der Waals surface area contributed by atoms with E-state index in [0.29, 0.717) is 6.42 Å². The Hall–Kier alpha value is -1.32. The van der Waals surface area contributed by atoms with Crippen LogP contribution >= 0.6 is 0 Å². The number of hydrogen-bond acceptors (Lipinski definition) is 4. The Morgan fingerprint density at radius 3 is 3.12 bits per heavy atom. The largest absolute Gasteiger partial charge is 0.468 e. The van der Waals surface area contributed by atoms with Gasteiger partial charge in [-0.1, -0.05) is 18.6 Å². The molecule has 0 aromatic rings. The number of rotatable bonds is 5. The highest BCUT2D eigenvalue weighted by Gasteiger charge is 2.36. The van der Waals surface area contributed by atoms with Crippen LogP contribution in [-0.4, -0.2) is 24.5 Å². The molecule has 0 saturated heterocycles. The van der Waals surface area contributed by atoms with Crippen molar-refractivity contribution in [2.45, 2.75) is 44.9 Å². The molecular weight excluding hydrogens is 218 g/mol. The molecular formula is C13H21NO3. The highest BCUT2D eigenvalue weighted by molar-refractivity contribution is 5.79. The second-order valence-electron chi connectivity index (χ2n) is 4.49. The van der Waals surface area contributed by atoms with Gasteiger partial charge in [0.25, 0.3) is 0 Å². The van der Waals surface area contributed by atoms with Crippen molar-refractivity contribution in [1.29, 1.82) is 0 Å². The van der Waals surface area contributed by atoms with Crippen LogP contribution in [0.15, 0.2) is 17.3 Å². The van der Waals surface area contributed by atoms with Gasteiger partial charge in [-0.2, -0.15) is 0 Å². The molecule has 0 spiro atoms. The van der Waals surface area contributed by atoms with Crippen LogP contribution in [0.5, 0.6) is 0 Å². The summed E-state index contributed by atoms with van der Waals surface area (Å²) in [5, 5.41) is 11.3. The van der Waals surface area contributed by atoms with Crippen molar-refractivity contribution in [2.75, 3.05) is 7.11 Å². The van der Waals surface area contributed by atoms with Gasteiger partial charge in [-0.25, -0.2) is 0 Å². The molecule has 0 bridgehead atoms. The minimum absolute atomic E-state index is 0.142. The lowest BCUT2D eigenvalue weighted by Gasteiger charge is -2.26. The van der Waals surface area contributed by atoms with Crippen LogP contribution in [0.4, 0.5) is 0 Å². The second kappa shape index (κ2) is 7.09. The molecule has 0 aromatic carbocycles. The summed E-state index contributed by atoms with van der Waals surface area (Å²) < 4.78 is 4.93. The minimum atomic E-state index is -0.464. The van der Waals surface area contributed by atoms with Crippen molar-refractivity contribution in [3.63, 3.8) is 0 Å². The SMILES string of the molecule is COC(=O)[C@@]1(CCCC=NO)C=CCCCC1. The zero-order valence-electron chi connectivity index (χ0n) is 10.4. The zero-order valence-corrected chi connectivity index (χ0v) is 10.4. The van der Waals surface area contributed by atoms with Crippen LogP contribution in [0.25, 0.3) is 0 Å². The van der Waals surface area contributed by atoms with Crippen LogP contribution in [0.1, 0.15) is 44.9 Å². The van der Waals surface area contributed by atoms with Crippen molar-refractivity contribution >= 4 is 12.2 Å². The maximum absolute atomic E-state index is 11.9. The molecule has 4 heteroatoms. The number of unbranched alkanes of at least 4 members (excludes halogenated alkanes) is 1. The number of carbonyl (C=O) groups excluding carboxylic acids is 1. The van der Waals surface area contributed by atoms with Crippen molar-refractivity contribution < 1.29 is 14.7 Å². The van der Waals surface area contributed by atoms with E-state index in [9.17, 15) is 4.79 Å². The van der Waals surface area contributed by atoms with Crippen LogP contribution in [0, 0.1) is 5.41 Å².